The number of phenolic OH excluding ortho intramolecular Hbond substituents is 1. The molecule has 7 heteroatoms. The highest BCUT2D eigenvalue weighted by molar-refractivity contribution is 7.16. The summed E-state index contributed by atoms with van der Waals surface area (Å²) in [6.45, 7) is 5.16. The third kappa shape index (κ3) is 3.98. The van der Waals surface area contributed by atoms with Crippen LogP contribution in [0.3, 0.4) is 0 Å². The summed E-state index contributed by atoms with van der Waals surface area (Å²) in [5.41, 5.74) is 1.16. The van der Waals surface area contributed by atoms with Gasteiger partial charge in [-0.15, -0.1) is 23.7 Å². The van der Waals surface area contributed by atoms with Crippen LogP contribution in [0.1, 0.15) is 22.0 Å². The molecule has 1 aliphatic rings. The molecular weight excluding hydrogens is 358 g/mol. The number of phenols is 1. The number of nitrogens with one attached hydrogen (secondary N) is 1. The Morgan fingerprint density at radius 2 is 2.00 bits per heavy atom. The van der Waals surface area contributed by atoms with Crippen LogP contribution in [-0.2, 0) is 0 Å². The lowest BCUT2D eigenvalue weighted by atomic mass is 9.99. The fourth-order valence-electron chi connectivity index (χ4n) is 2.92. The first-order valence-electron chi connectivity index (χ1n) is 7.25. The summed E-state index contributed by atoms with van der Waals surface area (Å²) in [7, 11) is 0. The molecule has 126 valence electrons. The van der Waals surface area contributed by atoms with Crippen molar-refractivity contribution < 1.29 is 9.50 Å². The van der Waals surface area contributed by atoms with E-state index in [9.17, 15) is 9.50 Å². The highest BCUT2D eigenvalue weighted by Gasteiger charge is 2.28. The Morgan fingerprint density at radius 3 is 2.61 bits per heavy atom. The van der Waals surface area contributed by atoms with E-state index in [1.165, 1.54) is 23.5 Å². The topological polar surface area (TPSA) is 35.5 Å². The molecule has 0 saturated carbocycles. The summed E-state index contributed by atoms with van der Waals surface area (Å²) < 4.78 is 14.6. The maximum absolute atomic E-state index is 13.9. The molecule has 3 rings (SSSR count). The number of rotatable bonds is 3. The Kier molecular flexibility index (Phi) is 6.28. The van der Waals surface area contributed by atoms with Crippen LogP contribution in [0.5, 0.6) is 5.75 Å². The van der Waals surface area contributed by atoms with Crippen molar-refractivity contribution in [3.63, 3.8) is 0 Å². The van der Waals surface area contributed by atoms with E-state index in [-0.39, 0.29) is 30.0 Å². The van der Waals surface area contributed by atoms with Gasteiger partial charge in [0.25, 0.3) is 0 Å². The number of benzene rings is 1. The minimum atomic E-state index is -0.326. The van der Waals surface area contributed by atoms with E-state index in [0.717, 1.165) is 31.1 Å². The summed E-state index contributed by atoms with van der Waals surface area (Å²) in [4.78, 5) is 3.28. The second-order valence-electron chi connectivity index (χ2n) is 5.49. The number of nitrogens with zero attached hydrogens (tertiary/aromatic N) is 1. The second kappa shape index (κ2) is 7.81. The summed E-state index contributed by atoms with van der Waals surface area (Å²) in [5.74, 6) is -0.164. The molecule has 2 aromatic rings. The van der Waals surface area contributed by atoms with E-state index >= 15 is 0 Å². The number of aryl methyl sites for hydroxylation is 1. The lowest BCUT2D eigenvalue weighted by Gasteiger charge is -2.35. The van der Waals surface area contributed by atoms with Gasteiger partial charge in [-0.05, 0) is 36.8 Å². The molecule has 1 atom stereocenters. The van der Waals surface area contributed by atoms with Crippen LogP contribution in [-0.4, -0.2) is 36.2 Å². The Labute approximate surface area is 150 Å². The van der Waals surface area contributed by atoms with E-state index < -0.39 is 0 Å². The molecule has 3 nitrogen and oxygen atoms in total. The maximum Gasteiger partial charge on any atom is 0.124 e. The van der Waals surface area contributed by atoms with Gasteiger partial charge in [-0.2, -0.15) is 0 Å². The van der Waals surface area contributed by atoms with Gasteiger partial charge in [-0.1, -0.05) is 11.6 Å². The lowest BCUT2D eigenvalue weighted by Crippen LogP contribution is -2.45. The van der Waals surface area contributed by atoms with Crippen LogP contribution in [0.25, 0.3) is 0 Å². The molecule has 1 aromatic heterocycles. The molecule has 2 heterocycles. The Hall–Kier alpha value is -0.850. The maximum atomic E-state index is 13.9. The SMILES string of the molecule is Cc1cc(F)cc([C@@H](c2ccc(Cl)s2)N2CCNCC2)c1O.Cl. The average Bonchev–Trinajstić information content (AvgIpc) is 2.92. The average molecular weight is 377 g/mol. The van der Waals surface area contributed by atoms with Gasteiger partial charge in [0.2, 0.25) is 0 Å². The van der Waals surface area contributed by atoms with E-state index in [4.69, 9.17) is 11.6 Å². The lowest BCUT2D eigenvalue weighted by molar-refractivity contribution is 0.197. The van der Waals surface area contributed by atoms with Gasteiger partial charge in [-0.25, -0.2) is 4.39 Å². The molecule has 1 aliphatic heterocycles. The number of aromatic hydroxyl groups is 1. The van der Waals surface area contributed by atoms with Crippen molar-refractivity contribution in [2.24, 2.45) is 0 Å². The number of hydrogen-bond donors (Lipinski definition) is 2. The smallest absolute Gasteiger partial charge is 0.124 e. The van der Waals surface area contributed by atoms with E-state index in [1.54, 1.807) is 6.92 Å². The molecule has 0 unspecified atom stereocenters. The van der Waals surface area contributed by atoms with Crippen LogP contribution in [0.15, 0.2) is 24.3 Å². The summed E-state index contributed by atoms with van der Waals surface area (Å²) >= 11 is 7.56. The zero-order chi connectivity index (χ0) is 15.7. The third-order valence-corrected chi connectivity index (χ3v) is 5.25. The Morgan fingerprint density at radius 1 is 1.30 bits per heavy atom. The predicted molar refractivity (Wildman–Crippen MR) is 95.7 cm³/mol. The van der Waals surface area contributed by atoms with Gasteiger partial charge in [0.05, 0.1) is 10.4 Å². The van der Waals surface area contributed by atoms with Crippen molar-refractivity contribution in [1.29, 1.82) is 0 Å². The van der Waals surface area contributed by atoms with Crippen molar-refractivity contribution in [3.8, 4) is 5.75 Å². The molecule has 0 amide bonds. The van der Waals surface area contributed by atoms with Crippen LogP contribution in [0, 0.1) is 12.7 Å². The quantitative estimate of drug-likeness (QED) is 0.850. The number of hydrogen-bond acceptors (Lipinski definition) is 4. The molecule has 1 saturated heterocycles. The largest absolute Gasteiger partial charge is 0.507 e. The molecule has 0 spiro atoms. The van der Waals surface area contributed by atoms with Crippen LogP contribution in [0.2, 0.25) is 4.34 Å². The third-order valence-electron chi connectivity index (χ3n) is 3.97. The molecular formula is C16H19Cl2FN2OS. The van der Waals surface area contributed by atoms with Gasteiger partial charge < -0.3 is 10.4 Å². The van der Waals surface area contributed by atoms with Gasteiger partial charge in [0.1, 0.15) is 11.6 Å². The van der Waals surface area contributed by atoms with Gasteiger partial charge >= 0.3 is 0 Å². The first kappa shape index (κ1) is 18.5. The molecule has 0 radical (unpaired) electrons. The van der Waals surface area contributed by atoms with Crippen molar-refractivity contribution in [1.82, 2.24) is 10.2 Å². The van der Waals surface area contributed by atoms with Gasteiger partial charge in [0.15, 0.2) is 0 Å². The second-order valence-corrected chi connectivity index (χ2v) is 7.24. The van der Waals surface area contributed by atoms with Gasteiger partial charge in [-0.3, -0.25) is 4.90 Å². The highest BCUT2D eigenvalue weighted by Crippen LogP contribution is 2.40. The summed E-state index contributed by atoms with van der Waals surface area (Å²) in [6, 6.07) is 6.42. The monoisotopic (exact) mass is 376 g/mol. The van der Waals surface area contributed by atoms with Gasteiger partial charge in [0, 0.05) is 36.6 Å². The molecule has 23 heavy (non-hydrogen) atoms. The van der Waals surface area contributed by atoms with E-state index in [0.29, 0.717) is 15.5 Å². The normalized spacial score (nSPS) is 16.8. The molecule has 2 N–H and O–H groups in total. The Balaban J connectivity index is 0.00000192. The fourth-order valence-corrected chi connectivity index (χ4v) is 4.13. The van der Waals surface area contributed by atoms with Crippen LogP contribution >= 0.6 is 35.3 Å². The fraction of sp³-hybridized carbons (Fsp3) is 0.375. The highest BCUT2D eigenvalue weighted by atomic mass is 35.5. The molecule has 1 fully saturated rings. The van der Waals surface area contributed by atoms with Crippen LogP contribution in [0.4, 0.5) is 4.39 Å². The molecule has 0 bridgehead atoms. The molecule has 1 aromatic carbocycles. The zero-order valence-corrected chi connectivity index (χ0v) is 15.1. The number of halogens is 3. The minimum absolute atomic E-state index is 0. The summed E-state index contributed by atoms with van der Waals surface area (Å²) in [6.07, 6.45) is 0. The van der Waals surface area contributed by atoms with Crippen molar-refractivity contribution in [2.45, 2.75) is 13.0 Å². The zero-order valence-electron chi connectivity index (χ0n) is 12.7. The van der Waals surface area contributed by atoms with Crippen molar-refractivity contribution in [2.75, 3.05) is 26.2 Å². The first-order valence-corrected chi connectivity index (χ1v) is 8.44. The first-order chi connectivity index (χ1) is 10.6. The molecule has 0 aliphatic carbocycles. The number of piperazine rings is 1. The van der Waals surface area contributed by atoms with Crippen molar-refractivity contribution in [3.05, 3.63) is 50.4 Å². The van der Waals surface area contributed by atoms with E-state index in [1.807, 2.05) is 12.1 Å². The predicted octanol–water partition coefficient (Wildman–Crippen LogP) is 3.97. The standard InChI is InChI=1S/C16H18ClFN2OS.ClH/c1-10-8-11(18)9-12(16(10)21)15(13-2-3-14(17)22-13)20-6-4-19-5-7-20;/h2-3,8-9,15,19,21H,4-7H2,1H3;1H/t15-;/m0./s1. The minimum Gasteiger partial charge on any atom is -0.507 e. The number of thiophene rings is 1. The van der Waals surface area contributed by atoms with Crippen molar-refractivity contribution >= 4 is 35.3 Å². The summed E-state index contributed by atoms with van der Waals surface area (Å²) in [5, 5.41) is 13.8. The Bertz CT molecular complexity index is 674. The van der Waals surface area contributed by atoms with Crippen LogP contribution < -0.4 is 5.32 Å². The van der Waals surface area contributed by atoms with E-state index in [2.05, 4.69) is 10.2 Å².